The predicted molar refractivity (Wildman–Crippen MR) is 118 cm³/mol. The van der Waals surface area contributed by atoms with Crippen LogP contribution in [0.1, 0.15) is 5.69 Å². The molecular formula is C19H22N8O3S. The van der Waals surface area contributed by atoms with E-state index >= 15 is 0 Å². The molecule has 0 bridgehead atoms. The minimum Gasteiger partial charge on any atom is -0.395 e. The van der Waals surface area contributed by atoms with Crippen molar-refractivity contribution in [3.05, 3.63) is 35.4 Å². The first-order valence-electron chi connectivity index (χ1n) is 9.74. The summed E-state index contributed by atoms with van der Waals surface area (Å²) in [7, 11) is 1.83. The first-order valence-corrected chi connectivity index (χ1v) is 10.6. The molecule has 2 aliphatic rings. The standard InChI is InChI=1S/C19H22N8O3S/c1-25(6-7-28)16-9-13(8-15-17(29)24-19(30)31-15)22-18(23-16)27-4-2-26(3-5-27)14-10-20-12-21-11-14/h8-12,28H,2-7H2,1H3,(H,24,29,30). The van der Waals surface area contributed by atoms with Crippen molar-refractivity contribution in [2.24, 2.45) is 0 Å². The van der Waals surface area contributed by atoms with Gasteiger partial charge < -0.3 is 19.8 Å². The maximum absolute atomic E-state index is 11.9. The highest BCUT2D eigenvalue weighted by Crippen LogP contribution is 2.27. The molecule has 2 aromatic heterocycles. The molecule has 2 aliphatic heterocycles. The highest BCUT2D eigenvalue weighted by molar-refractivity contribution is 8.18. The molecule has 2 saturated heterocycles. The number of hydrogen-bond donors (Lipinski definition) is 2. The Balaban J connectivity index is 1.58. The zero-order chi connectivity index (χ0) is 21.8. The van der Waals surface area contributed by atoms with Gasteiger partial charge in [-0.3, -0.25) is 14.9 Å². The van der Waals surface area contributed by atoms with Gasteiger partial charge in [-0.2, -0.15) is 4.98 Å². The molecule has 4 heterocycles. The van der Waals surface area contributed by atoms with Crippen molar-refractivity contribution in [1.29, 1.82) is 0 Å². The smallest absolute Gasteiger partial charge is 0.290 e. The number of aliphatic hydroxyl groups is 1. The van der Waals surface area contributed by atoms with E-state index in [9.17, 15) is 14.7 Å². The minimum absolute atomic E-state index is 0.0170. The van der Waals surface area contributed by atoms with Crippen molar-refractivity contribution in [1.82, 2.24) is 25.3 Å². The van der Waals surface area contributed by atoms with Gasteiger partial charge >= 0.3 is 0 Å². The molecule has 0 radical (unpaired) electrons. The van der Waals surface area contributed by atoms with E-state index in [0.29, 0.717) is 42.0 Å². The summed E-state index contributed by atoms with van der Waals surface area (Å²) in [5.74, 6) is 0.728. The second-order valence-electron chi connectivity index (χ2n) is 7.02. The van der Waals surface area contributed by atoms with Crippen LogP contribution in [-0.2, 0) is 4.79 Å². The number of anilines is 3. The molecule has 31 heavy (non-hydrogen) atoms. The Kier molecular flexibility index (Phi) is 6.28. The number of nitrogens with one attached hydrogen (secondary N) is 1. The molecule has 0 unspecified atom stereocenters. The average molecular weight is 443 g/mol. The summed E-state index contributed by atoms with van der Waals surface area (Å²) < 4.78 is 0. The number of nitrogens with zero attached hydrogens (tertiary/aromatic N) is 7. The molecule has 0 saturated carbocycles. The molecule has 0 atom stereocenters. The van der Waals surface area contributed by atoms with Crippen LogP contribution in [-0.4, -0.2) is 82.6 Å². The Morgan fingerprint density at radius 3 is 2.52 bits per heavy atom. The zero-order valence-corrected chi connectivity index (χ0v) is 17.7. The summed E-state index contributed by atoms with van der Waals surface area (Å²) in [6.45, 7) is 3.31. The van der Waals surface area contributed by atoms with Crippen molar-refractivity contribution in [2.75, 3.05) is 61.1 Å². The zero-order valence-electron chi connectivity index (χ0n) is 16.9. The van der Waals surface area contributed by atoms with Gasteiger partial charge in [-0.05, 0) is 17.8 Å². The Hall–Kier alpha value is -3.25. The maximum Gasteiger partial charge on any atom is 0.290 e. The van der Waals surface area contributed by atoms with E-state index in [1.807, 2.05) is 11.9 Å². The summed E-state index contributed by atoms with van der Waals surface area (Å²) in [4.78, 5) is 47.2. The second-order valence-corrected chi connectivity index (χ2v) is 8.03. The van der Waals surface area contributed by atoms with E-state index < -0.39 is 11.1 Å². The first kappa shape index (κ1) is 21.0. The van der Waals surface area contributed by atoms with Crippen molar-refractivity contribution < 1.29 is 14.7 Å². The van der Waals surface area contributed by atoms with E-state index in [0.717, 1.165) is 30.5 Å². The normalized spacial score (nSPS) is 17.9. The van der Waals surface area contributed by atoms with E-state index in [2.05, 4.69) is 35.1 Å². The third-order valence-electron chi connectivity index (χ3n) is 4.94. The number of aromatic nitrogens is 4. The van der Waals surface area contributed by atoms with Crippen molar-refractivity contribution in [3.63, 3.8) is 0 Å². The van der Waals surface area contributed by atoms with Crippen LogP contribution in [0.5, 0.6) is 0 Å². The lowest BCUT2D eigenvalue weighted by Gasteiger charge is -2.36. The molecular weight excluding hydrogens is 420 g/mol. The first-order chi connectivity index (χ1) is 15.0. The molecule has 162 valence electrons. The summed E-state index contributed by atoms with van der Waals surface area (Å²) in [5, 5.41) is 11.1. The largest absolute Gasteiger partial charge is 0.395 e. The van der Waals surface area contributed by atoms with Crippen LogP contribution < -0.4 is 20.0 Å². The molecule has 4 rings (SSSR count). The average Bonchev–Trinajstić information content (AvgIpc) is 3.11. The molecule has 2 N–H and O–H groups in total. The lowest BCUT2D eigenvalue weighted by molar-refractivity contribution is -0.115. The van der Waals surface area contributed by atoms with Crippen LogP contribution in [0.25, 0.3) is 6.08 Å². The van der Waals surface area contributed by atoms with Crippen molar-refractivity contribution in [2.45, 2.75) is 0 Å². The fourth-order valence-corrected chi connectivity index (χ4v) is 3.96. The Bertz CT molecular complexity index is 995. The molecule has 0 aliphatic carbocycles. The molecule has 0 spiro atoms. The summed E-state index contributed by atoms with van der Waals surface area (Å²) >= 11 is 0.848. The number of carbonyl (C=O) groups is 2. The summed E-state index contributed by atoms with van der Waals surface area (Å²) in [6, 6.07) is 1.74. The van der Waals surface area contributed by atoms with Crippen LogP contribution in [0.3, 0.4) is 0 Å². The van der Waals surface area contributed by atoms with Gasteiger partial charge in [0.25, 0.3) is 11.1 Å². The number of carbonyl (C=O) groups excluding carboxylic acids is 2. The number of amides is 2. The number of piperazine rings is 1. The van der Waals surface area contributed by atoms with Gasteiger partial charge in [0, 0.05) is 45.8 Å². The van der Waals surface area contributed by atoms with Gasteiger partial charge in [-0.1, -0.05) is 0 Å². The molecule has 2 fully saturated rings. The quantitative estimate of drug-likeness (QED) is 0.601. The van der Waals surface area contributed by atoms with Gasteiger partial charge in [0.1, 0.15) is 12.1 Å². The Labute approximate surface area is 183 Å². The predicted octanol–water partition coefficient (Wildman–Crippen LogP) is 0.346. The maximum atomic E-state index is 11.9. The van der Waals surface area contributed by atoms with Crippen molar-refractivity contribution >= 4 is 46.4 Å². The molecule has 2 aromatic rings. The Morgan fingerprint density at radius 1 is 1.16 bits per heavy atom. The highest BCUT2D eigenvalue weighted by atomic mass is 32.2. The lowest BCUT2D eigenvalue weighted by atomic mass is 10.3. The van der Waals surface area contributed by atoms with Gasteiger partial charge in [-0.15, -0.1) is 0 Å². The fourth-order valence-electron chi connectivity index (χ4n) is 3.29. The topological polar surface area (TPSA) is 128 Å². The van der Waals surface area contributed by atoms with Crippen molar-refractivity contribution in [3.8, 4) is 0 Å². The van der Waals surface area contributed by atoms with E-state index in [1.165, 1.54) is 6.33 Å². The Morgan fingerprint density at radius 2 is 1.87 bits per heavy atom. The summed E-state index contributed by atoms with van der Waals surface area (Å²) in [5.41, 5.74) is 1.50. The SMILES string of the molecule is CN(CCO)c1cc(C=C2SC(=O)NC2=O)nc(N2CCN(c3cncnc3)CC2)n1. The molecule has 12 heteroatoms. The van der Waals surface area contributed by atoms with Crippen LogP contribution in [0.4, 0.5) is 22.2 Å². The van der Waals surface area contributed by atoms with E-state index in [1.54, 1.807) is 24.5 Å². The number of rotatable bonds is 6. The fraction of sp³-hybridized carbons (Fsp3) is 0.368. The van der Waals surface area contributed by atoms with Crippen LogP contribution in [0.15, 0.2) is 29.7 Å². The number of likely N-dealkylation sites (N-methyl/N-ethyl adjacent to an activating group) is 1. The number of imide groups is 1. The number of hydrogen-bond acceptors (Lipinski definition) is 11. The molecule has 2 amide bonds. The second kappa shape index (κ2) is 9.27. The third-order valence-corrected chi connectivity index (χ3v) is 5.75. The van der Waals surface area contributed by atoms with Gasteiger partial charge in [0.15, 0.2) is 0 Å². The third kappa shape index (κ3) is 4.91. The molecule has 11 nitrogen and oxygen atoms in total. The van der Waals surface area contributed by atoms with E-state index in [-0.39, 0.29) is 6.61 Å². The van der Waals surface area contributed by atoms with Gasteiger partial charge in [0.05, 0.1) is 35.3 Å². The van der Waals surface area contributed by atoms with Crippen LogP contribution in [0, 0.1) is 0 Å². The molecule has 0 aromatic carbocycles. The monoisotopic (exact) mass is 442 g/mol. The van der Waals surface area contributed by atoms with Gasteiger partial charge in [-0.25, -0.2) is 15.0 Å². The minimum atomic E-state index is -0.431. The van der Waals surface area contributed by atoms with Gasteiger partial charge in [0.2, 0.25) is 5.95 Å². The van der Waals surface area contributed by atoms with E-state index in [4.69, 9.17) is 0 Å². The van der Waals surface area contributed by atoms with Crippen LogP contribution >= 0.6 is 11.8 Å². The number of aliphatic hydroxyl groups excluding tert-OH is 1. The summed E-state index contributed by atoms with van der Waals surface area (Å²) in [6.07, 6.45) is 6.68. The highest BCUT2D eigenvalue weighted by Gasteiger charge is 2.26. The van der Waals surface area contributed by atoms with Crippen LogP contribution in [0.2, 0.25) is 0 Å². The lowest BCUT2D eigenvalue weighted by Crippen LogP contribution is -2.47. The number of thioether (sulfide) groups is 1.